The van der Waals surface area contributed by atoms with Crippen LogP contribution in [0.5, 0.6) is 0 Å². The molecule has 1 aliphatic rings. The molecule has 3 nitrogen and oxygen atoms in total. The smallest absolute Gasteiger partial charge is 0.328 e. The molecule has 0 radical (unpaired) electrons. The minimum absolute atomic E-state index is 0.0447. The Morgan fingerprint density at radius 2 is 2.05 bits per heavy atom. The number of aliphatic imine (C=N–C) groups is 1. The molecule has 0 unspecified atom stereocenters. The quantitative estimate of drug-likeness (QED) is 0.819. The second kappa shape index (κ2) is 5.57. The molecule has 0 atom stereocenters. The average Bonchev–Trinajstić information content (AvgIpc) is 3.00. The summed E-state index contributed by atoms with van der Waals surface area (Å²) in [6.45, 7) is 1.91. The Hall–Kier alpha value is -2.15. The summed E-state index contributed by atoms with van der Waals surface area (Å²) in [4.78, 5) is 10.4. The van der Waals surface area contributed by atoms with Crippen molar-refractivity contribution in [3.05, 3.63) is 47.7 Å². The van der Waals surface area contributed by atoms with E-state index < -0.39 is 11.9 Å². The van der Waals surface area contributed by atoms with Crippen molar-refractivity contribution in [3.63, 3.8) is 0 Å². The fourth-order valence-corrected chi connectivity index (χ4v) is 2.80. The molecule has 0 fully saturated rings. The zero-order valence-electron chi connectivity index (χ0n) is 11.6. The third-order valence-electron chi connectivity index (χ3n) is 3.21. The van der Waals surface area contributed by atoms with Gasteiger partial charge in [-0.05, 0) is 36.3 Å². The van der Waals surface area contributed by atoms with Crippen LogP contribution in [0, 0.1) is 6.92 Å². The van der Waals surface area contributed by atoms with Crippen LogP contribution in [-0.4, -0.2) is 23.5 Å². The molecular weight excluding hydrogens is 311 g/mol. The Balaban J connectivity index is 1.88. The van der Waals surface area contributed by atoms with Gasteiger partial charge < -0.3 is 4.90 Å². The van der Waals surface area contributed by atoms with Gasteiger partial charge in [0.05, 0.1) is 10.4 Å². The van der Waals surface area contributed by atoms with Crippen LogP contribution in [0.4, 0.5) is 18.9 Å². The van der Waals surface area contributed by atoms with Gasteiger partial charge in [0.15, 0.2) is 0 Å². The molecule has 0 bridgehead atoms. The molecule has 1 aliphatic heterocycles. The number of hydrogen-bond donors (Lipinski definition) is 0. The van der Waals surface area contributed by atoms with E-state index in [9.17, 15) is 13.2 Å². The number of rotatable bonds is 2. The van der Waals surface area contributed by atoms with Gasteiger partial charge in [-0.2, -0.15) is 13.2 Å². The molecule has 1 aromatic carbocycles. The number of benzene rings is 1. The van der Waals surface area contributed by atoms with Gasteiger partial charge in [-0.25, -0.2) is 0 Å². The van der Waals surface area contributed by atoms with Gasteiger partial charge in [-0.3, -0.25) is 9.98 Å². The van der Waals surface area contributed by atoms with Crippen LogP contribution >= 0.6 is 11.3 Å². The molecule has 0 saturated heterocycles. The molecule has 2 heterocycles. The normalized spacial score (nSPS) is 15.1. The summed E-state index contributed by atoms with van der Waals surface area (Å²) in [5.41, 5.74) is 3.73. The Morgan fingerprint density at radius 1 is 1.23 bits per heavy atom. The summed E-state index contributed by atoms with van der Waals surface area (Å²) in [7, 11) is 0. The first-order valence-electron chi connectivity index (χ1n) is 6.50. The Bertz CT molecular complexity index is 733. The number of anilines is 1. The maximum Gasteiger partial charge on any atom is 0.433 e. The van der Waals surface area contributed by atoms with Gasteiger partial charge in [0.25, 0.3) is 0 Å². The van der Waals surface area contributed by atoms with Crippen molar-refractivity contribution in [1.29, 1.82) is 0 Å². The summed E-state index contributed by atoms with van der Waals surface area (Å²) in [6.07, 6.45) is -0.211. The van der Waals surface area contributed by atoms with E-state index in [4.69, 9.17) is 0 Å². The van der Waals surface area contributed by atoms with Crippen LogP contribution in [0.1, 0.15) is 5.56 Å². The molecule has 0 N–H and O–H groups in total. The van der Waals surface area contributed by atoms with Crippen LogP contribution in [0.15, 0.2) is 47.2 Å². The van der Waals surface area contributed by atoms with Crippen LogP contribution in [0.3, 0.4) is 0 Å². The Labute approximate surface area is 129 Å². The zero-order valence-corrected chi connectivity index (χ0v) is 12.4. The molecule has 2 aromatic rings. The van der Waals surface area contributed by atoms with E-state index in [0.717, 1.165) is 27.8 Å². The summed E-state index contributed by atoms with van der Waals surface area (Å²) < 4.78 is 37.7. The van der Waals surface area contributed by atoms with E-state index in [0.29, 0.717) is 0 Å². The fourth-order valence-electron chi connectivity index (χ4n) is 2.19. The standard InChI is InChI=1S/C15H12F3N3S/c1-10-4-11(13-7-19-9-22-13)6-12(5-10)21-3-2-14(20-8-21)15(16,17)18/h2-7,9H,8H2,1H3. The van der Waals surface area contributed by atoms with Crippen molar-refractivity contribution >= 4 is 22.7 Å². The Kier molecular flexibility index (Phi) is 3.74. The number of alkyl halides is 3. The summed E-state index contributed by atoms with van der Waals surface area (Å²) in [6, 6.07) is 5.87. The highest BCUT2D eigenvalue weighted by atomic mass is 32.1. The lowest BCUT2D eigenvalue weighted by Gasteiger charge is -2.23. The zero-order chi connectivity index (χ0) is 15.7. The first-order chi connectivity index (χ1) is 10.4. The molecule has 114 valence electrons. The molecule has 0 saturated carbocycles. The maximum atomic E-state index is 12.6. The van der Waals surface area contributed by atoms with Crippen molar-refractivity contribution in [2.45, 2.75) is 13.1 Å². The summed E-state index contributed by atoms with van der Waals surface area (Å²) in [5.74, 6) is 0. The van der Waals surface area contributed by atoms with Crippen molar-refractivity contribution in [3.8, 4) is 10.4 Å². The summed E-state index contributed by atoms with van der Waals surface area (Å²) >= 11 is 1.52. The number of aryl methyl sites for hydroxylation is 1. The number of nitrogens with zero attached hydrogens (tertiary/aromatic N) is 3. The third kappa shape index (κ3) is 3.04. The van der Waals surface area contributed by atoms with Gasteiger partial charge in [0, 0.05) is 18.1 Å². The molecule has 0 spiro atoms. The van der Waals surface area contributed by atoms with Crippen LogP contribution in [0.2, 0.25) is 0 Å². The Morgan fingerprint density at radius 3 is 2.64 bits per heavy atom. The van der Waals surface area contributed by atoms with Crippen LogP contribution in [-0.2, 0) is 0 Å². The molecular formula is C15H12F3N3S. The van der Waals surface area contributed by atoms with Crippen molar-refractivity contribution in [2.75, 3.05) is 11.6 Å². The number of allylic oxidation sites excluding steroid dienone is 1. The van der Waals surface area contributed by atoms with E-state index in [1.54, 1.807) is 16.6 Å². The first-order valence-corrected chi connectivity index (χ1v) is 7.38. The maximum absolute atomic E-state index is 12.6. The van der Waals surface area contributed by atoms with Crippen molar-refractivity contribution in [2.24, 2.45) is 4.99 Å². The number of aromatic nitrogens is 1. The monoisotopic (exact) mass is 323 g/mol. The number of halogens is 3. The minimum Gasteiger partial charge on any atom is -0.328 e. The van der Waals surface area contributed by atoms with E-state index in [1.807, 2.05) is 25.1 Å². The number of hydrogen-bond acceptors (Lipinski definition) is 4. The van der Waals surface area contributed by atoms with Crippen LogP contribution < -0.4 is 4.90 Å². The molecule has 0 amide bonds. The topological polar surface area (TPSA) is 28.5 Å². The minimum atomic E-state index is -4.40. The van der Waals surface area contributed by atoms with E-state index in [1.165, 1.54) is 17.5 Å². The summed E-state index contributed by atoms with van der Waals surface area (Å²) in [5, 5.41) is 0. The highest BCUT2D eigenvalue weighted by Crippen LogP contribution is 2.30. The molecule has 1 aromatic heterocycles. The van der Waals surface area contributed by atoms with E-state index >= 15 is 0 Å². The largest absolute Gasteiger partial charge is 0.433 e. The average molecular weight is 323 g/mol. The molecule has 3 rings (SSSR count). The lowest BCUT2D eigenvalue weighted by Crippen LogP contribution is -2.29. The van der Waals surface area contributed by atoms with E-state index in [-0.39, 0.29) is 6.67 Å². The van der Waals surface area contributed by atoms with Gasteiger partial charge in [-0.15, -0.1) is 11.3 Å². The predicted molar refractivity (Wildman–Crippen MR) is 82.3 cm³/mol. The van der Waals surface area contributed by atoms with Crippen LogP contribution in [0.25, 0.3) is 10.4 Å². The lowest BCUT2D eigenvalue weighted by atomic mass is 10.1. The van der Waals surface area contributed by atoms with Gasteiger partial charge in [-0.1, -0.05) is 6.07 Å². The third-order valence-corrected chi connectivity index (χ3v) is 4.03. The highest BCUT2D eigenvalue weighted by Gasteiger charge is 2.34. The molecule has 0 aliphatic carbocycles. The van der Waals surface area contributed by atoms with Gasteiger partial charge >= 0.3 is 6.18 Å². The SMILES string of the molecule is Cc1cc(-c2cncs2)cc(N2C=CC(C(F)(F)F)=NC2)c1. The first kappa shape index (κ1) is 14.8. The fraction of sp³-hybridized carbons (Fsp3) is 0.200. The second-order valence-electron chi connectivity index (χ2n) is 4.89. The molecule has 7 heteroatoms. The number of thiazole rings is 1. The predicted octanol–water partition coefficient (Wildman–Crippen LogP) is 4.41. The van der Waals surface area contributed by atoms with Gasteiger partial charge in [0.2, 0.25) is 0 Å². The van der Waals surface area contributed by atoms with Crippen molar-refractivity contribution in [1.82, 2.24) is 4.98 Å². The highest BCUT2D eigenvalue weighted by molar-refractivity contribution is 7.13. The van der Waals surface area contributed by atoms with E-state index in [2.05, 4.69) is 9.98 Å². The lowest BCUT2D eigenvalue weighted by molar-refractivity contribution is -0.0579. The molecule has 22 heavy (non-hydrogen) atoms. The van der Waals surface area contributed by atoms with Crippen molar-refractivity contribution < 1.29 is 13.2 Å². The second-order valence-corrected chi connectivity index (χ2v) is 5.78. The van der Waals surface area contributed by atoms with Gasteiger partial charge in [0.1, 0.15) is 12.4 Å².